The molecule has 0 radical (unpaired) electrons. The largest absolute Gasteiger partial charge is 0.473 e. The number of halogens is 1. The first-order valence-corrected chi connectivity index (χ1v) is 10.3. The Balaban J connectivity index is 1.49. The highest BCUT2D eigenvalue weighted by Gasteiger charge is 2.17. The average molecular weight is 409 g/mol. The lowest BCUT2D eigenvalue weighted by Gasteiger charge is -2.27. The van der Waals surface area contributed by atoms with Crippen LogP contribution in [-0.2, 0) is 19.6 Å². The molecule has 1 aromatic heterocycles. The minimum absolute atomic E-state index is 0.191. The summed E-state index contributed by atoms with van der Waals surface area (Å²) < 4.78 is 6.04. The van der Waals surface area contributed by atoms with Crippen molar-refractivity contribution in [1.82, 2.24) is 9.88 Å². The number of hydrogen-bond donors (Lipinski definition) is 1. The number of hydrogen-bond acceptors (Lipinski definition) is 4. The summed E-state index contributed by atoms with van der Waals surface area (Å²) in [5.41, 5.74) is 6.76. The SMILES string of the molecule is Cc1c(COc2ccc3c(n2)CCN(CCO)C3)cccc1-c1ccccc1Cl. The molecule has 0 saturated carbocycles. The summed E-state index contributed by atoms with van der Waals surface area (Å²) in [5, 5.41) is 9.88. The summed E-state index contributed by atoms with van der Waals surface area (Å²) in [7, 11) is 0. The van der Waals surface area contributed by atoms with Gasteiger partial charge in [-0.15, -0.1) is 0 Å². The lowest BCUT2D eigenvalue weighted by Crippen LogP contribution is -2.33. The third-order valence-corrected chi connectivity index (χ3v) is 5.83. The first kappa shape index (κ1) is 19.9. The van der Waals surface area contributed by atoms with Crippen LogP contribution in [-0.4, -0.2) is 34.7 Å². The van der Waals surface area contributed by atoms with Gasteiger partial charge in [-0.3, -0.25) is 4.90 Å². The summed E-state index contributed by atoms with van der Waals surface area (Å²) in [5.74, 6) is 0.655. The number of pyridine rings is 1. The first-order valence-electron chi connectivity index (χ1n) is 9.94. The van der Waals surface area contributed by atoms with E-state index in [1.807, 2.05) is 36.4 Å². The van der Waals surface area contributed by atoms with E-state index >= 15 is 0 Å². The molecule has 4 rings (SSSR count). The van der Waals surface area contributed by atoms with E-state index in [4.69, 9.17) is 26.4 Å². The maximum Gasteiger partial charge on any atom is 0.213 e. The molecule has 4 nitrogen and oxygen atoms in total. The number of ether oxygens (including phenoxy) is 1. The van der Waals surface area contributed by atoms with Gasteiger partial charge < -0.3 is 9.84 Å². The molecule has 5 heteroatoms. The average Bonchev–Trinajstić information content (AvgIpc) is 2.74. The van der Waals surface area contributed by atoms with Crippen LogP contribution in [0.15, 0.2) is 54.6 Å². The third-order valence-electron chi connectivity index (χ3n) is 5.50. The van der Waals surface area contributed by atoms with E-state index in [1.54, 1.807) is 0 Å². The minimum atomic E-state index is 0.191. The van der Waals surface area contributed by atoms with E-state index in [9.17, 15) is 0 Å². The molecular formula is C24H25ClN2O2. The summed E-state index contributed by atoms with van der Waals surface area (Å²) >= 11 is 6.39. The van der Waals surface area contributed by atoms with Gasteiger partial charge in [-0.2, -0.15) is 0 Å². The molecule has 1 aliphatic rings. The molecule has 0 bridgehead atoms. The molecule has 2 heterocycles. The van der Waals surface area contributed by atoms with Gasteiger partial charge >= 0.3 is 0 Å². The maximum absolute atomic E-state index is 9.13. The van der Waals surface area contributed by atoms with Gasteiger partial charge in [0.25, 0.3) is 0 Å². The molecule has 0 unspecified atom stereocenters. The highest BCUT2D eigenvalue weighted by molar-refractivity contribution is 6.33. The lowest BCUT2D eigenvalue weighted by atomic mass is 9.97. The summed E-state index contributed by atoms with van der Waals surface area (Å²) in [6.07, 6.45) is 0.882. The van der Waals surface area contributed by atoms with Crippen molar-refractivity contribution in [1.29, 1.82) is 0 Å². The van der Waals surface area contributed by atoms with Gasteiger partial charge in [0, 0.05) is 42.7 Å². The van der Waals surface area contributed by atoms with E-state index in [1.165, 1.54) is 11.1 Å². The molecule has 1 N–H and O–H groups in total. The van der Waals surface area contributed by atoms with Crippen LogP contribution in [0.3, 0.4) is 0 Å². The molecular weight excluding hydrogens is 384 g/mol. The standard InChI is InChI=1S/C24H25ClN2O2/c1-17-19(5-4-7-20(17)21-6-2-3-8-22(21)25)16-29-24-10-9-18-15-27(13-14-28)12-11-23(18)26-24/h2-10,28H,11-16H2,1H3. The Morgan fingerprint density at radius 3 is 2.72 bits per heavy atom. The van der Waals surface area contributed by atoms with Gasteiger partial charge in [0.05, 0.1) is 12.3 Å². The Hall–Kier alpha value is -2.40. The van der Waals surface area contributed by atoms with E-state index in [-0.39, 0.29) is 6.61 Å². The first-order chi connectivity index (χ1) is 14.2. The van der Waals surface area contributed by atoms with Gasteiger partial charge in [0.1, 0.15) is 6.61 Å². The lowest BCUT2D eigenvalue weighted by molar-refractivity contribution is 0.183. The number of aliphatic hydroxyl groups excluding tert-OH is 1. The van der Waals surface area contributed by atoms with Gasteiger partial charge in [-0.25, -0.2) is 4.98 Å². The highest BCUT2D eigenvalue weighted by Crippen LogP contribution is 2.32. The summed E-state index contributed by atoms with van der Waals surface area (Å²) in [6, 6.07) is 18.2. The molecule has 0 saturated heterocycles. The normalized spacial score (nSPS) is 13.9. The van der Waals surface area contributed by atoms with E-state index in [2.05, 4.69) is 30.0 Å². The van der Waals surface area contributed by atoms with Gasteiger partial charge in [-0.05, 0) is 35.2 Å². The number of aromatic nitrogens is 1. The van der Waals surface area contributed by atoms with Crippen molar-refractivity contribution < 1.29 is 9.84 Å². The molecule has 2 aromatic carbocycles. The van der Waals surface area contributed by atoms with E-state index < -0.39 is 0 Å². The van der Waals surface area contributed by atoms with Crippen LogP contribution in [0.2, 0.25) is 5.02 Å². The van der Waals surface area contributed by atoms with E-state index in [0.29, 0.717) is 19.0 Å². The number of nitrogens with zero attached hydrogens (tertiary/aromatic N) is 2. The van der Waals surface area contributed by atoms with Crippen molar-refractivity contribution in [2.75, 3.05) is 19.7 Å². The van der Waals surface area contributed by atoms with Crippen LogP contribution < -0.4 is 4.74 Å². The number of aliphatic hydroxyl groups is 1. The second kappa shape index (κ2) is 8.95. The molecule has 0 aliphatic carbocycles. The van der Waals surface area contributed by atoms with Crippen LogP contribution in [0.5, 0.6) is 5.88 Å². The zero-order valence-corrected chi connectivity index (χ0v) is 17.3. The Morgan fingerprint density at radius 2 is 1.90 bits per heavy atom. The van der Waals surface area contributed by atoms with Gasteiger partial charge in [-0.1, -0.05) is 54.1 Å². The monoisotopic (exact) mass is 408 g/mol. The zero-order valence-electron chi connectivity index (χ0n) is 16.6. The van der Waals surface area contributed by atoms with Crippen molar-refractivity contribution in [2.24, 2.45) is 0 Å². The minimum Gasteiger partial charge on any atom is -0.473 e. The van der Waals surface area contributed by atoms with Crippen molar-refractivity contribution in [3.05, 3.63) is 82.0 Å². The molecule has 150 valence electrons. The molecule has 3 aromatic rings. The smallest absolute Gasteiger partial charge is 0.213 e. The number of β-amino-alcohol motifs (C(OH)–C–C–N with tert-alkyl or cyclic N) is 1. The molecule has 29 heavy (non-hydrogen) atoms. The van der Waals surface area contributed by atoms with Gasteiger partial charge in [0.15, 0.2) is 0 Å². The Labute approximate surface area is 176 Å². The fourth-order valence-electron chi connectivity index (χ4n) is 3.83. The Kier molecular flexibility index (Phi) is 6.14. The Morgan fingerprint density at radius 1 is 1.07 bits per heavy atom. The van der Waals surface area contributed by atoms with Crippen LogP contribution in [0.1, 0.15) is 22.4 Å². The fourth-order valence-corrected chi connectivity index (χ4v) is 4.07. The molecule has 0 amide bonds. The van der Waals surface area contributed by atoms with Crippen molar-refractivity contribution in [3.63, 3.8) is 0 Å². The zero-order chi connectivity index (χ0) is 20.2. The summed E-state index contributed by atoms with van der Waals surface area (Å²) in [6.45, 7) is 5.22. The van der Waals surface area contributed by atoms with Crippen LogP contribution in [0.25, 0.3) is 11.1 Å². The highest BCUT2D eigenvalue weighted by atomic mass is 35.5. The second-order valence-corrected chi connectivity index (χ2v) is 7.77. The fraction of sp³-hybridized carbons (Fsp3) is 0.292. The third kappa shape index (κ3) is 4.45. The van der Waals surface area contributed by atoms with Crippen LogP contribution in [0, 0.1) is 6.92 Å². The number of fused-ring (bicyclic) bond motifs is 1. The molecule has 0 fully saturated rings. The predicted molar refractivity (Wildman–Crippen MR) is 116 cm³/mol. The molecule has 0 atom stereocenters. The number of benzene rings is 2. The molecule has 0 spiro atoms. The van der Waals surface area contributed by atoms with Crippen molar-refractivity contribution in [2.45, 2.75) is 26.5 Å². The predicted octanol–water partition coefficient (Wildman–Crippen LogP) is 4.64. The van der Waals surface area contributed by atoms with Crippen LogP contribution in [0.4, 0.5) is 0 Å². The van der Waals surface area contributed by atoms with E-state index in [0.717, 1.165) is 46.9 Å². The number of rotatable bonds is 6. The molecule has 1 aliphatic heterocycles. The topological polar surface area (TPSA) is 45.6 Å². The van der Waals surface area contributed by atoms with Crippen molar-refractivity contribution >= 4 is 11.6 Å². The summed E-state index contributed by atoms with van der Waals surface area (Å²) in [4.78, 5) is 6.96. The van der Waals surface area contributed by atoms with Gasteiger partial charge in [0.2, 0.25) is 5.88 Å². The van der Waals surface area contributed by atoms with Crippen LogP contribution >= 0.6 is 11.6 Å². The maximum atomic E-state index is 9.13. The second-order valence-electron chi connectivity index (χ2n) is 7.36. The quantitative estimate of drug-likeness (QED) is 0.645. The van der Waals surface area contributed by atoms with Crippen molar-refractivity contribution in [3.8, 4) is 17.0 Å². The Bertz CT molecular complexity index is 1010.